The topological polar surface area (TPSA) is 64.3 Å². The lowest BCUT2D eigenvalue weighted by molar-refractivity contribution is -0.125. The number of carbonyl (C=O) groups excluding carboxylic acids is 1. The highest BCUT2D eigenvalue weighted by Gasteiger charge is 2.31. The Morgan fingerprint density at radius 2 is 1.88 bits per heavy atom. The van der Waals surface area contributed by atoms with E-state index in [9.17, 15) is 4.79 Å². The van der Waals surface area contributed by atoms with Gasteiger partial charge in [-0.25, -0.2) is 5.84 Å². The first-order chi connectivity index (χ1) is 7.86. The largest absolute Gasteiger partial charge is 0.496 e. The van der Waals surface area contributed by atoms with Crippen molar-refractivity contribution in [1.82, 2.24) is 5.43 Å². The SMILES string of the molecule is COc1ccc(C(C)(C)C(=O)NN)c(C)c1C. The van der Waals surface area contributed by atoms with Gasteiger partial charge < -0.3 is 4.74 Å². The average molecular weight is 236 g/mol. The number of nitrogens with one attached hydrogen (secondary N) is 1. The number of carbonyl (C=O) groups is 1. The van der Waals surface area contributed by atoms with Crippen molar-refractivity contribution < 1.29 is 9.53 Å². The summed E-state index contributed by atoms with van der Waals surface area (Å²) in [6.45, 7) is 7.67. The minimum Gasteiger partial charge on any atom is -0.496 e. The van der Waals surface area contributed by atoms with Crippen LogP contribution in [0.3, 0.4) is 0 Å². The molecule has 0 heterocycles. The lowest BCUT2D eigenvalue weighted by Gasteiger charge is -2.26. The van der Waals surface area contributed by atoms with Crippen LogP contribution in [0, 0.1) is 13.8 Å². The molecule has 1 rings (SSSR count). The Morgan fingerprint density at radius 3 is 2.35 bits per heavy atom. The summed E-state index contributed by atoms with van der Waals surface area (Å²) in [7, 11) is 1.64. The predicted octanol–water partition coefficient (Wildman–Crippen LogP) is 1.58. The van der Waals surface area contributed by atoms with E-state index in [-0.39, 0.29) is 5.91 Å². The van der Waals surface area contributed by atoms with E-state index < -0.39 is 5.41 Å². The van der Waals surface area contributed by atoms with Gasteiger partial charge in [-0.1, -0.05) is 6.07 Å². The van der Waals surface area contributed by atoms with Gasteiger partial charge in [0.2, 0.25) is 5.91 Å². The molecule has 3 N–H and O–H groups in total. The van der Waals surface area contributed by atoms with E-state index in [1.54, 1.807) is 7.11 Å². The van der Waals surface area contributed by atoms with Crippen molar-refractivity contribution in [3.05, 3.63) is 28.8 Å². The highest BCUT2D eigenvalue weighted by atomic mass is 16.5. The minimum atomic E-state index is -0.657. The maximum absolute atomic E-state index is 11.8. The van der Waals surface area contributed by atoms with Crippen LogP contribution in [0.5, 0.6) is 5.75 Å². The van der Waals surface area contributed by atoms with E-state index in [0.717, 1.165) is 22.4 Å². The van der Waals surface area contributed by atoms with E-state index in [0.29, 0.717) is 0 Å². The van der Waals surface area contributed by atoms with Crippen LogP contribution in [0.1, 0.15) is 30.5 Å². The lowest BCUT2D eigenvalue weighted by Crippen LogP contribution is -2.44. The molecule has 0 bridgehead atoms. The fourth-order valence-corrected chi connectivity index (χ4v) is 2.00. The zero-order chi connectivity index (χ0) is 13.2. The second-order valence-corrected chi connectivity index (χ2v) is 4.66. The van der Waals surface area contributed by atoms with Gasteiger partial charge >= 0.3 is 0 Å². The molecule has 0 fully saturated rings. The van der Waals surface area contributed by atoms with Crippen LogP contribution >= 0.6 is 0 Å². The quantitative estimate of drug-likeness (QED) is 0.476. The van der Waals surface area contributed by atoms with Crippen molar-refractivity contribution in [2.24, 2.45) is 5.84 Å². The van der Waals surface area contributed by atoms with Crippen molar-refractivity contribution in [2.75, 3.05) is 7.11 Å². The van der Waals surface area contributed by atoms with Gasteiger partial charge in [0.25, 0.3) is 0 Å². The maximum atomic E-state index is 11.8. The van der Waals surface area contributed by atoms with Crippen LogP contribution in [0.15, 0.2) is 12.1 Å². The fourth-order valence-electron chi connectivity index (χ4n) is 2.00. The number of methoxy groups -OCH3 is 1. The average Bonchev–Trinajstić information content (AvgIpc) is 2.31. The minimum absolute atomic E-state index is 0.204. The Hall–Kier alpha value is -1.55. The Labute approximate surface area is 102 Å². The van der Waals surface area contributed by atoms with Crippen LogP contribution in [-0.4, -0.2) is 13.0 Å². The van der Waals surface area contributed by atoms with Gasteiger partial charge in [-0.3, -0.25) is 10.2 Å². The highest BCUT2D eigenvalue weighted by molar-refractivity contribution is 5.87. The van der Waals surface area contributed by atoms with Gasteiger partial charge in [0.05, 0.1) is 12.5 Å². The first kappa shape index (κ1) is 13.5. The summed E-state index contributed by atoms with van der Waals surface area (Å²) in [5, 5.41) is 0. The van der Waals surface area contributed by atoms with Gasteiger partial charge in [0.1, 0.15) is 5.75 Å². The van der Waals surface area contributed by atoms with E-state index in [1.165, 1.54) is 0 Å². The Kier molecular flexibility index (Phi) is 3.78. The number of benzene rings is 1. The fraction of sp³-hybridized carbons (Fsp3) is 0.462. The number of rotatable bonds is 3. The number of hydrogen-bond acceptors (Lipinski definition) is 3. The molecule has 4 heteroatoms. The molecule has 1 aromatic carbocycles. The monoisotopic (exact) mass is 236 g/mol. The lowest BCUT2D eigenvalue weighted by atomic mass is 9.80. The van der Waals surface area contributed by atoms with Gasteiger partial charge in [-0.15, -0.1) is 0 Å². The molecule has 17 heavy (non-hydrogen) atoms. The van der Waals surface area contributed by atoms with Crippen LogP contribution in [-0.2, 0) is 10.2 Å². The molecule has 0 unspecified atom stereocenters. The van der Waals surface area contributed by atoms with Gasteiger partial charge in [0, 0.05) is 0 Å². The molecule has 4 nitrogen and oxygen atoms in total. The highest BCUT2D eigenvalue weighted by Crippen LogP contribution is 2.32. The van der Waals surface area contributed by atoms with Crippen LogP contribution < -0.4 is 16.0 Å². The smallest absolute Gasteiger partial charge is 0.243 e. The zero-order valence-electron chi connectivity index (χ0n) is 11.0. The number of ether oxygens (including phenoxy) is 1. The zero-order valence-corrected chi connectivity index (χ0v) is 11.0. The third-order valence-corrected chi connectivity index (χ3v) is 3.33. The van der Waals surface area contributed by atoms with Crippen molar-refractivity contribution in [3.63, 3.8) is 0 Å². The summed E-state index contributed by atoms with van der Waals surface area (Å²) in [6.07, 6.45) is 0. The van der Waals surface area contributed by atoms with Gasteiger partial charge in [-0.2, -0.15) is 0 Å². The molecule has 0 aliphatic carbocycles. The first-order valence-electron chi connectivity index (χ1n) is 5.52. The van der Waals surface area contributed by atoms with Gasteiger partial charge in [-0.05, 0) is 50.5 Å². The Balaban J connectivity index is 3.34. The summed E-state index contributed by atoms with van der Waals surface area (Å²) >= 11 is 0. The molecule has 1 amide bonds. The van der Waals surface area contributed by atoms with E-state index in [4.69, 9.17) is 10.6 Å². The van der Waals surface area contributed by atoms with E-state index in [1.807, 2.05) is 39.8 Å². The summed E-state index contributed by atoms with van der Waals surface area (Å²) in [6, 6.07) is 3.79. The first-order valence-corrected chi connectivity index (χ1v) is 5.52. The van der Waals surface area contributed by atoms with E-state index in [2.05, 4.69) is 5.43 Å². The number of hydrogen-bond donors (Lipinski definition) is 2. The van der Waals surface area contributed by atoms with Gasteiger partial charge in [0.15, 0.2) is 0 Å². The molecule has 1 aromatic rings. The summed E-state index contributed by atoms with van der Waals surface area (Å²) in [5.74, 6) is 5.84. The number of hydrazine groups is 1. The summed E-state index contributed by atoms with van der Waals surface area (Å²) in [4.78, 5) is 11.8. The number of nitrogens with two attached hydrogens (primary N) is 1. The van der Waals surface area contributed by atoms with Crippen LogP contribution in [0.2, 0.25) is 0 Å². The van der Waals surface area contributed by atoms with Crippen LogP contribution in [0.25, 0.3) is 0 Å². The Bertz CT molecular complexity index is 439. The predicted molar refractivity (Wildman–Crippen MR) is 67.8 cm³/mol. The molecule has 0 aliphatic rings. The van der Waals surface area contributed by atoms with Crippen molar-refractivity contribution in [3.8, 4) is 5.75 Å². The third-order valence-electron chi connectivity index (χ3n) is 3.33. The molecule has 0 saturated heterocycles. The molecule has 0 radical (unpaired) electrons. The summed E-state index contributed by atoms with van der Waals surface area (Å²) in [5.41, 5.74) is 4.61. The second-order valence-electron chi connectivity index (χ2n) is 4.66. The van der Waals surface area contributed by atoms with E-state index >= 15 is 0 Å². The van der Waals surface area contributed by atoms with Crippen molar-refractivity contribution in [1.29, 1.82) is 0 Å². The molecule has 0 saturated carbocycles. The molecular weight excluding hydrogens is 216 g/mol. The molecular formula is C13H20N2O2. The molecule has 0 atom stereocenters. The molecule has 0 aromatic heterocycles. The number of amides is 1. The van der Waals surface area contributed by atoms with Crippen molar-refractivity contribution >= 4 is 5.91 Å². The summed E-state index contributed by atoms with van der Waals surface area (Å²) < 4.78 is 5.26. The Morgan fingerprint density at radius 1 is 1.29 bits per heavy atom. The normalized spacial score (nSPS) is 11.2. The molecule has 0 spiro atoms. The molecule has 94 valence electrons. The van der Waals surface area contributed by atoms with Crippen LogP contribution in [0.4, 0.5) is 0 Å². The van der Waals surface area contributed by atoms with Crippen molar-refractivity contribution in [2.45, 2.75) is 33.1 Å². The third kappa shape index (κ3) is 2.26. The standard InChI is InChI=1S/C13H20N2O2/c1-8-9(2)11(17-5)7-6-10(8)13(3,4)12(16)15-14/h6-7H,14H2,1-5H3,(H,15,16). The molecule has 0 aliphatic heterocycles. The maximum Gasteiger partial charge on any atom is 0.243 e. The second kappa shape index (κ2) is 4.75.